The summed E-state index contributed by atoms with van der Waals surface area (Å²) in [5.41, 5.74) is 7.40. The molecule has 1 aromatic heterocycles. The van der Waals surface area contributed by atoms with E-state index in [1.54, 1.807) is 0 Å². The summed E-state index contributed by atoms with van der Waals surface area (Å²) in [6, 6.07) is 4.46. The van der Waals surface area contributed by atoms with E-state index in [-0.39, 0.29) is 0 Å². The van der Waals surface area contributed by atoms with Crippen molar-refractivity contribution >= 4 is 22.9 Å². The van der Waals surface area contributed by atoms with Crippen molar-refractivity contribution in [3.8, 4) is 0 Å². The van der Waals surface area contributed by atoms with E-state index in [9.17, 15) is 0 Å². The number of aromatic nitrogens is 1. The van der Waals surface area contributed by atoms with Gasteiger partial charge in [0.15, 0.2) is 0 Å². The van der Waals surface area contributed by atoms with Gasteiger partial charge in [0, 0.05) is 12.6 Å². The summed E-state index contributed by atoms with van der Waals surface area (Å²) in [6.07, 6.45) is 4.60. The Morgan fingerprint density at radius 3 is 2.65 bits per heavy atom. The zero-order valence-corrected chi connectivity index (χ0v) is 11.2. The van der Waals surface area contributed by atoms with Crippen LogP contribution in [-0.2, 0) is 0 Å². The van der Waals surface area contributed by atoms with Crippen molar-refractivity contribution in [1.82, 2.24) is 4.98 Å². The summed E-state index contributed by atoms with van der Waals surface area (Å²) in [5, 5.41) is 0. The smallest absolute Gasteiger partial charge is 0.122 e. The van der Waals surface area contributed by atoms with Crippen LogP contribution in [0.25, 0.3) is 0 Å². The Labute approximate surface area is 108 Å². The predicted octanol–water partition coefficient (Wildman–Crippen LogP) is 2.34. The molecule has 4 heteroatoms. The molecule has 2 N–H and O–H groups in total. The lowest BCUT2D eigenvalue weighted by molar-refractivity contribution is 0.643. The van der Waals surface area contributed by atoms with Gasteiger partial charge >= 0.3 is 0 Å². The first-order valence-electron chi connectivity index (χ1n) is 6.10. The lowest BCUT2D eigenvalue weighted by Crippen LogP contribution is -2.32. The molecule has 0 saturated heterocycles. The maximum atomic E-state index is 5.55. The van der Waals surface area contributed by atoms with Crippen molar-refractivity contribution in [2.75, 3.05) is 11.4 Å². The number of pyridine rings is 1. The molecule has 0 bridgehead atoms. The van der Waals surface area contributed by atoms with Crippen LogP contribution in [0.1, 0.15) is 32.4 Å². The summed E-state index contributed by atoms with van der Waals surface area (Å²) in [6.45, 7) is 5.56. The van der Waals surface area contributed by atoms with Crippen molar-refractivity contribution in [2.24, 2.45) is 11.7 Å². The Bertz CT molecular complexity index is 396. The second-order valence-corrected chi connectivity index (χ2v) is 5.40. The van der Waals surface area contributed by atoms with Gasteiger partial charge in [0.05, 0.1) is 17.6 Å². The molecular formula is C13H19N3S. The quantitative estimate of drug-likeness (QED) is 0.813. The molecule has 0 atom stereocenters. The highest BCUT2D eigenvalue weighted by atomic mass is 32.1. The average molecular weight is 249 g/mol. The van der Waals surface area contributed by atoms with E-state index in [1.807, 2.05) is 12.3 Å². The van der Waals surface area contributed by atoms with E-state index in [0.29, 0.717) is 16.7 Å². The van der Waals surface area contributed by atoms with Gasteiger partial charge in [-0.2, -0.15) is 0 Å². The van der Waals surface area contributed by atoms with Gasteiger partial charge in [0.25, 0.3) is 0 Å². The van der Waals surface area contributed by atoms with Crippen LogP contribution in [0.3, 0.4) is 0 Å². The zero-order chi connectivity index (χ0) is 12.4. The normalized spacial score (nSPS) is 15.0. The second-order valence-electron chi connectivity index (χ2n) is 4.96. The number of nitrogens with two attached hydrogens (primary N) is 1. The van der Waals surface area contributed by atoms with Gasteiger partial charge in [-0.25, -0.2) is 0 Å². The zero-order valence-electron chi connectivity index (χ0n) is 10.4. The Balaban J connectivity index is 2.14. The van der Waals surface area contributed by atoms with Gasteiger partial charge in [0.1, 0.15) is 4.99 Å². The molecular weight excluding hydrogens is 230 g/mol. The summed E-state index contributed by atoms with van der Waals surface area (Å²) >= 11 is 4.90. The Morgan fingerprint density at radius 1 is 1.53 bits per heavy atom. The molecule has 1 saturated carbocycles. The number of anilines is 1. The fourth-order valence-electron chi connectivity index (χ4n) is 1.89. The molecule has 0 aliphatic heterocycles. The molecule has 1 fully saturated rings. The number of hydrogen-bond acceptors (Lipinski definition) is 3. The highest BCUT2D eigenvalue weighted by Gasteiger charge is 2.25. The van der Waals surface area contributed by atoms with Gasteiger partial charge in [-0.1, -0.05) is 12.2 Å². The maximum absolute atomic E-state index is 5.55. The lowest BCUT2D eigenvalue weighted by Gasteiger charge is -2.28. The third kappa shape index (κ3) is 3.16. The molecule has 1 aliphatic carbocycles. The Morgan fingerprint density at radius 2 is 2.24 bits per heavy atom. The third-order valence-electron chi connectivity index (χ3n) is 3.11. The van der Waals surface area contributed by atoms with Crippen molar-refractivity contribution < 1.29 is 0 Å². The Hall–Kier alpha value is -1.16. The predicted molar refractivity (Wildman–Crippen MR) is 75.3 cm³/mol. The van der Waals surface area contributed by atoms with E-state index in [2.05, 4.69) is 29.8 Å². The molecule has 0 aromatic carbocycles. The van der Waals surface area contributed by atoms with Crippen molar-refractivity contribution in [1.29, 1.82) is 0 Å². The van der Waals surface area contributed by atoms with Crippen molar-refractivity contribution in [3.05, 3.63) is 24.0 Å². The third-order valence-corrected chi connectivity index (χ3v) is 3.32. The minimum Gasteiger partial charge on any atom is -0.388 e. The highest BCUT2D eigenvalue weighted by molar-refractivity contribution is 7.80. The summed E-state index contributed by atoms with van der Waals surface area (Å²) in [7, 11) is 0. The number of thiocarbonyl (C=S) groups is 1. The molecule has 0 unspecified atom stereocenters. The van der Waals surface area contributed by atoms with Crippen LogP contribution in [0, 0.1) is 5.92 Å². The molecule has 1 aliphatic rings. The van der Waals surface area contributed by atoms with E-state index in [4.69, 9.17) is 18.0 Å². The molecule has 0 radical (unpaired) electrons. The maximum Gasteiger partial charge on any atom is 0.122 e. The van der Waals surface area contributed by atoms with Gasteiger partial charge in [-0.05, 0) is 44.7 Å². The molecule has 17 heavy (non-hydrogen) atoms. The number of nitrogens with zero attached hydrogens (tertiary/aromatic N) is 2. The van der Waals surface area contributed by atoms with Crippen molar-refractivity contribution in [2.45, 2.75) is 32.7 Å². The van der Waals surface area contributed by atoms with Gasteiger partial charge < -0.3 is 10.6 Å². The Kier molecular flexibility index (Phi) is 3.62. The van der Waals surface area contributed by atoms with Crippen LogP contribution in [-0.4, -0.2) is 22.6 Å². The minimum absolute atomic E-state index is 0.356. The van der Waals surface area contributed by atoms with Crippen LogP contribution in [0.4, 0.5) is 5.69 Å². The standard InChI is InChI=1S/C13H19N3S/c1-9(2)16(8-10-3-4-10)11-5-6-12(13(14)17)15-7-11/h5-7,9-10H,3-4,8H2,1-2H3,(H2,14,17). The summed E-state index contributed by atoms with van der Waals surface area (Å²) in [4.78, 5) is 7.05. The SMILES string of the molecule is CC(C)N(CC1CC1)c1ccc(C(N)=S)nc1. The molecule has 92 valence electrons. The monoisotopic (exact) mass is 249 g/mol. The molecule has 0 amide bonds. The van der Waals surface area contributed by atoms with E-state index >= 15 is 0 Å². The minimum atomic E-state index is 0.356. The average Bonchev–Trinajstić information content (AvgIpc) is 3.09. The molecule has 1 heterocycles. The van der Waals surface area contributed by atoms with E-state index in [1.165, 1.54) is 12.8 Å². The van der Waals surface area contributed by atoms with Crippen LogP contribution < -0.4 is 10.6 Å². The van der Waals surface area contributed by atoms with E-state index in [0.717, 1.165) is 18.2 Å². The van der Waals surface area contributed by atoms with E-state index < -0.39 is 0 Å². The van der Waals surface area contributed by atoms with Gasteiger partial charge in [-0.15, -0.1) is 0 Å². The van der Waals surface area contributed by atoms with Crippen LogP contribution >= 0.6 is 12.2 Å². The molecule has 1 aromatic rings. The topological polar surface area (TPSA) is 42.1 Å². The fraction of sp³-hybridized carbons (Fsp3) is 0.538. The highest BCUT2D eigenvalue weighted by Crippen LogP contribution is 2.32. The molecule has 0 spiro atoms. The molecule has 3 nitrogen and oxygen atoms in total. The fourth-order valence-corrected chi connectivity index (χ4v) is 2.02. The summed E-state index contributed by atoms with van der Waals surface area (Å²) < 4.78 is 0. The lowest BCUT2D eigenvalue weighted by atomic mass is 10.2. The van der Waals surface area contributed by atoms with Gasteiger partial charge in [0.2, 0.25) is 0 Å². The van der Waals surface area contributed by atoms with Crippen molar-refractivity contribution in [3.63, 3.8) is 0 Å². The first kappa shape index (κ1) is 12.3. The largest absolute Gasteiger partial charge is 0.388 e. The first-order valence-corrected chi connectivity index (χ1v) is 6.51. The number of hydrogen-bond donors (Lipinski definition) is 1. The second kappa shape index (κ2) is 5.00. The van der Waals surface area contributed by atoms with Gasteiger partial charge in [-0.3, -0.25) is 4.98 Å². The van der Waals surface area contributed by atoms with Crippen LogP contribution in [0.15, 0.2) is 18.3 Å². The molecule has 2 rings (SSSR count). The van der Waals surface area contributed by atoms with Crippen LogP contribution in [0.5, 0.6) is 0 Å². The van der Waals surface area contributed by atoms with Crippen LogP contribution in [0.2, 0.25) is 0 Å². The first-order chi connectivity index (χ1) is 8.08. The summed E-state index contributed by atoms with van der Waals surface area (Å²) in [5.74, 6) is 0.868. The number of rotatable bonds is 5.